The molecular formula is C22H25N5O3. The van der Waals surface area contributed by atoms with Gasteiger partial charge in [-0.15, -0.1) is 0 Å². The number of carbonyl (C=O) groups is 1. The molecule has 0 unspecified atom stereocenters. The van der Waals surface area contributed by atoms with E-state index in [1.54, 1.807) is 24.3 Å². The number of piperidine rings is 1. The molecule has 2 aliphatic rings. The minimum Gasteiger partial charge on any atom is -0.508 e. The Balaban J connectivity index is 1.54. The van der Waals surface area contributed by atoms with Gasteiger partial charge in [-0.05, 0) is 63.2 Å². The lowest BCUT2D eigenvalue weighted by atomic mass is 9.90. The molecule has 0 aliphatic carbocycles. The summed E-state index contributed by atoms with van der Waals surface area (Å²) in [5.41, 5.74) is 3.18. The fourth-order valence-electron chi connectivity index (χ4n) is 4.51. The number of pyridine rings is 1. The maximum absolute atomic E-state index is 13.7. The molecule has 0 radical (unpaired) electrons. The number of aromatic nitrogens is 3. The monoisotopic (exact) mass is 407 g/mol. The first-order valence-electron chi connectivity index (χ1n) is 10.3. The molecule has 0 saturated carbocycles. The molecule has 2 aromatic heterocycles. The van der Waals surface area contributed by atoms with E-state index >= 15 is 0 Å². The summed E-state index contributed by atoms with van der Waals surface area (Å²) in [6, 6.07) is 8.65. The number of hydrogen-bond donors (Lipinski definition) is 3. The van der Waals surface area contributed by atoms with E-state index in [1.165, 1.54) is 0 Å². The Morgan fingerprint density at radius 1 is 1.23 bits per heavy atom. The first-order valence-corrected chi connectivity index (χ1v) is 10.3. The molecule has 1 amide bonds. The second-order valence-corrected chi connectivity index (χ2v) is 8.14. The number of morpholine rings is 1. The Morgan fingerprint density at radius 3 is 2.77 bits per heavy atom. The van der Waals surface area contributed by atoms with E-state index in [4.69, 9.17) is 4.74 Å². The van der Waals surface area contributed by atoms with Crippen molar-refractivity contribution < 1.29 is 14.6 Å². The molecule has 30 heavy (non-hydrogen) atoms. The molecule has 4 heterocycles. The molecule has 8 heteroatoms. The number of phenols is 1. The van der Waals surface area contributed by atoms with Gasteiger partial charge >= 0.3 is 0 Å². The summed E-state index contributed by atoms with van der Waals surface area (Å²) in [5, 5.41) is 21.0. The Hall–Kier alpha value is -2.97. The minimum atomic E-state index is -0.253. The molecule has 8 nitrogen and oxygen atoms in total. The van der Waals surface area contributed by atoms with Crippen molar-refractivity contribution in [1.82, 2.24) is 25.4 Å². The topological polar surface area (TPSA) is 103 Å². The van der Waals surface area contributed by atoms with Gasteiger partial charge in [0.2, 0.25) is 0 Å². The Labute approximate surface area is 174 Å². The van der Waals surface area contributed by atoms with Crippen LogP contribution in [0.15, 0.2) is 30.3 Å². The van der Waals surface area contributed by atoms with Crippen molar-refractivity contribution in [3.05, 3.63) is 41.6 Å². The van der Waals surface area contributed by atoms with Crippen LogP contribution in [0.5, 0.6) is 5.75 Å². The van der Waals surface area contributed by atoms with Crippen molar-refractivity contribution in [2.45, 2.75) is 25.4 Å². The summed E-state index contributed by atoms with van der Waals surface area (Å²) in [4.78, 5) is 20.3. The van der Waals surface area contributed by atoms with E-state index in [1.807, 2.05) is 17.9 Å². The normalized spacial score (nSPS) is 18.8. The highest BCUT2D eigenvalue weighted by atomic mass is 16.5. The molecule has 2 aliphatic heterocycles. The molecular weight excluding hydrogens is 382 g/mol. The summed E-state index contributed by atoms with van der Waals surface area (Å²) in [7, 11) is 0. The number of rotatable bonds is 2. The molecule has 3 N–H and O–H groups in total. The zero-order valence-electron chi connectivity index (χ0n) is 16.9. The van der Waals surface area contributed by atoms with Gasteiger partial charge in [-0.25, -0.2) is 4.98 Å². The summed E-state index contributed by atoms with van der Waals surface area (Å²) in [6.07, 6.45) is 1.82. The first kappa shape index (κ1) is 19.0. The number of benzene rings is 1. The number of carbonyl (C=O) groups excluding carboxylic acids is 1. The van der Waals surface area contributed by atoms with Crippen molar-refractivity contribution in [3.8, 4) is 17.0 Å². The third-order valence-corrected chi connectivity index (χ3v) is 6.15. The minimum absolute atomic E-state index is 0.0202. The molecule has 0 atom stereocenters. The highest BCUT2D eigenvalue weighted by Crippen LogP contribution is 2.31. The average Bonchev–Trinajstić information content (AvgIpc) is 3.14. The first-order chi connectivity index (χ1) is 14.5. The number of amides is 1. The van der Waals surface area contributed by atoms with E-state index in [-0.39, 0.29) is 17.3 Å². The highest BCUT2D eigenvalue weighted by Gasteiger charge is 2.39. The van der Waals surface area contributed by atoms with Gasteiger partial charge < -0.3 is 20.1 Å². The van der Waals surface area contributed by atoms with Crippen LogP contribution in [0, 0.1) is 6.92 Å². The number of aromatic amines is 1. The van der Waals surface area contributed by atoms with E-state index in [0.29, 0.717) is 36.6 Å². The van der Waals surface area contributed by atoms with Crippen LogP contribution in [0.3, 0.4) is 0 Å². The van der Waals surface area contributed by atoms with Crippen molar-refractivity contribution in [3.63, 3.8) is 0 Å². The van der Waals surface area contributed by atoms with Crippen LogP contribution >= 0.6 is 0 Å². The van der Waals surface area contributed by atoms with E-state index in [0.717, 1.165) is 42.6 Å². The lowest BCUT2D eigenvalue weighted by Gasteiger charge is -2.45. The van der Waals surface area contributed by atoms with Crippen molar-refractivity contribution in [2.24, 2.45) is 0 Å². The zero-order chi connectivity index (χ0) is 20.7. The summed E-state index contributed by atoms with van der Waals surface area (Å²) >= 11 is 0. The number of phenolic OH excluding ortho intramolecular Hbond substituents is 1. The van der Waals surface area contributed by atoms with Crippen molar-refractivity contribution >= 4 is 16.9 Å². The second-order valence-electron chi connectivity index (χ2n) is 8.14. The standard InChI is InChI=1S/C22H25N5O3/c1-14-19-17(21(29)27-10-11-30-22(13-27)6-8-23-9-7-22)12-18(24-20(19)26-25-14)15-2-4-16(28)5-3-15/h2-5,12,23,28H,6-11,13H2,1H3,(H,24,25,26). The number of ether oxygens (including phenoxy) is 1. The number of aromatic hydroxyl groups is 1. The third-order valence-electron chi connectivity index (χ3n) is 6.15. The molecule has 1 aromatic carbocycles. The predicted octanol–water partition coefficient (Wildman–Crippen LogP) is 2.23. The number of fused-ring (bicyclic) bond motifs is 1. The van der Waals surface area contributed by atoms with Crippen LogP contribution in [0.2, 0.25) is 0 Å². The van der Waals surface area contributed by atoms with Crippen LogP contribution in [0.1, 0.15) is 28.9 Å². The number of hydrogen-bond acceptors (Lipinski definition) is 6. The van der Waals surface area contributed by atoms with E-state index in [2.05, 4.69) is 20.5 Å². The van der Waals surface area contributed by atoms with Crippen LogP contribution in [0.25, 0.3) is 22.3 Å². The maximum atomic E-state index is 13.7. The molecule has 156 valence electrons. The molecule has 5 rings (SSSR count). The van der Waals surface area contributed by atoms with E-state index < -0.39 is 0 Å². The number of nitrogens with zero attached hydrogens (tertiary/aromatic N) is 3. The van der Waals surface area contributed by atoms with Gasteiger partial charge in [0.05, 0.1) is 41.1 Å². The fraction of sp³-hybridized carbons (Fsp3) is 0.409. The maximum Gasteiger partial charge on any atom is 0.254 e. The predicted molar refractivity (Wildman–Crippen MR) is 112 cm³/mol. The van der Waals surface area contributed by atoms with Crippen molar-refractivity contribution in [2.75, 3.05) is 32.8 Å². The van der Waals surface area contributed by atoms with E-state index in [9.17, 15) is 9.90 Å². The lowest BCUT2D eigenvalue weighted by molar-refractivity contribution is -0.114. The molecule has 2 fully saturated rings. The largest absolute Gasteiger partial charge is 0.508 e. The smallest absolute Gasteiger partial charge is 0.254 e. The van der Waals surface area contributed by atoms with Crippen LogP contribution in [-0.4, -0.2) is 69.5 Å². The molecule has 1 spiro atoms. The average molecular weight is 407 g/mol. The van der Waals surface area contributed by atoms with Gasteiger partial charge in [-0.1, -0.05) is 0 Å². The fourth-order valence-corrected chi connectivity index (χ4v) is 4.51. The second kappa shape index (κ2) is 7.37. The molecule has 3 aromatic rings. The lowest BCUT2D eigenvalue weighted by Crippen LogP contribution is -2.57. The molecule has 0 bridgehead atoms. The Bertz CT molecular complexity index is 1080. The summed E-state index contributed by atoms with van der Waals surface area (Å²) in [5.74, 6) is 0.169. The highest BCUT2D eigenvalue weighted by molar-refractivity contribution is 6.07. The third kappa shape index (κ3) is 3.32. The summed E-state index contributed by atoms with van der Waals surface area (Å²) < 4.78 is 6.13. The SMILES string of the molecule is Cc1n[nH]c2nc(-c3ccc(O)cc3)cc(C(=O)N3CCOC4(CCNCC4)C3)c12. The van der Waals surface area contributed by atoms with Crippen LogP contribution in [-0.2, 0) is 4.74 Å². The van der Waals surface area contributed by atoms with Gasteiger partial charge in [-0.3, -0.25) is 9.89 Å². The Kier molecular flexibility index (Phi) is 4.67. The van der Waals surface area contributed by atoms with Crippen LogP contribution < -0.4 is 5.32 Å². The zero-order valence-corrected chi connectivity index (χ0v) is 16.9. The molecule has 2 saturated heterocycles. The van der Waals surface area contributed by atoms with Crippen LogP contribution in [0.4, 0.5) is 0 Å². The van der Waals surface area contributed by atoms with Gasteiger partial charge in [0.1, 0.15) is 5.75 Å². The number of H-pyrrole nitrogens is 1. The van der Waals surface area contributed by atoms with Gasteiger partial charge in [-0.2, -0.15) is 5.10 Å². The van der Waals surface area contributed by atoms with Gasteiger partial charge in [0, 0.05) is 12.1 Å². The quantitative estimate of drug-likeness (QED) is 0.602. The van der Waals surface area contributed by atoms with Crippen molar-refractivity contribution in [1.29, 1.82) is 0 Å². The number of nitrogens with one attached hydrogen (secondary N) is 2. The van der Waals surface area contributed by atoms with Gasteiger partial charge in [0.15, 0.2) is 5.65 Å². The summed E-state index contributed by atoms with van der Waals surface area (Å²) in [6.45, 7) is 5.42. The van der Waals surface area contributed by atoms with Gasteiger partial charge in [0.25, 0.3) is 5.91 Å². The Morgan fingerprint density at radius 2 is 2.00 bits per heavy atom. The number of aryl methyl sites for hydroxylation is 1.